The monoisotopic (exact) mass is 396 g/mol. The van der Waals surface area contributed by atoms with E-state index in [1.807, 2.05) is 24.3 Å². The molecule has 0 saturated carbocycles. The Balaban J connectivity index is 1.54. The third kappa shape index (κ3) is 3.59. The second kappa shape index (κ2) is 7.40. The van der Waals surface area contributed by atoms with Crippen LogP contribution in [0.1, 0.15) is 11.1 Å². The van der Waals surface area contributed by atoms with Crippen LogP contribution >= 0.6 is 11.6 Å². The molecule has 1 amide bonds. The molecule has 0 fully saturated rings. The van der Waals surface area contributed by atoms with E-state index in [1.165, 1.54) is 0 Å². The number of aromatic nitrogens is 1. The molecule has 3 N–H and O–H groups in total. The smallest absolute Gasteiger partial charge is 0.326 e. The molecule has 142 valence electrons. The Hall–Kier alpha value is -3.25. The predicted molar refractivity (Wildman–Crippen MR) is 106 cm³/mol. The van der Waals surface area contributed by atoms with E-state index in [0.29, 0.717) is 21.9 Å². The van der Waals surface area contributed by atoms with Crippen molar-refractivity contribution < 1.29 is 19.4 Å². The summed E-state index contributed by atoms with van der Waals surface area (Å²) in [5, 5.41) is 13.7. The van der Waals surface area contributed by atoms with Gasteiger partial charge >= 0.3 is 5.97 Å². The van der Waals surface area contributed by atoms with Crippen LogP contribution in [0.2, 0.25) is 5.02 Å². The highest BCUT2D eigenvalue weighted by Gasteiger charge is 2.25. The highest BCUT2D eigenvalue weighted by molar-refractivity contribution is 6.30. The van der Waals surface area contributed by atoms with Crippen molar-refractivity contribution in [1.82, 2.24) is 10.3 Å². The normalized spacial score (nSPS) is 14.0. The van der Waals surface area contributed by atoms with Crippen LogP contribution in [0, 0.1) is 0 Å². The Morgan fingerprint density at radius 1 is 1.25 bits per heavy atom. The van der Waals surface area contributed by atoms with E-state index in [4.69, 9.17) is 16.3 Å². The SMILES string of the molecule is O=C(NC(Cc1c[nH]c2ccccc12)C(=O)O)C1=Cc2cc(Cl)ccc2OC1. The molecule has 1 aliphatic rings. The molecule has 7 heteroatoms. The number of ether oxygens (including phenoxy) is 1. The number of carboxylic acids is 1. The number of fused-ring (bicyclic) bond motifs is 2. The molecule has 1 aromatic heterocycles. The lowest BCUT2D eigenvalue weighted by molar-refractivity contribution is -0.141. The van der Waals surface area contributed by atoms with Crippen LogP contribution in [-0.4, -0.2) is 34.6 Å². The molecular formula is C21H17ClN2O4. The maximum absolute atomic E-state index is 12.6. The number of halogens is 1. The first kappa shape index (κ1) is 18.1. The van der Waals surface area contributed by atoms with E-state index < -0.39 is 17.9 Å². The van der Waals surface area contributed by atoms with Crippen molar-refractivity contribution in [2.45, 2.75) is 12.5 Å². The average molecular weight is 397 g/mol. The second-order valence-electron chi connectivity index (χ2n) is 6.57. The first-order chi connectivity index (χ1) is 13.5. The molecule has 0 bridgehead atoms. The molecule has 0 spiro atoms. The fourth-order valence-electron chi connectivity index (χ4n) is 3.25. The number of aromatic amines is 1. The molecule has 3 aromatic rings. The van der Waals surface area contributed by atoms with E-state index in [-0.39, 0.29) is 13.0 Å². The van der Waals surface area contributed by atoms with Crippen LogP contribution in [0.3, 0.4) is 0 Å². The lowest BCUT2D eigenvalue weighted by Crippen LogP contribution is -2.43. The van der Waals surface area contributed by atoms with Crippen molar-refractivity contribution in [1.29, 1.82) is 0 Å². The molecule has 4 rings (SSSR count). The molecule has 28 heavy (non-hydrogen) atoms. The second-order valence-corrected chi connectivity index (χ2v) is 7.00. The van der Waals surface area contributed by atoms with E-state index in [2.05, 4.69) is 10.3 Å². The highest BCUT2D eigenvalue weighted by atomic mass is 35.5. The fraction of sp³-hybridized carbons (Fsp3) is 0.143. The minimum atomic E-state index is -1.10. The Labute approximate surface area is 165 Å². The van der Waals surface area contributed by atoms with E-state index in [9.17, 15) is 14.7 Å². The number of rotatable bonds is 5. The van der Waals surface area contributed by atoms with Crippen molar-refractivity contribution in [2.24, 2.45) is 0 Å². The first-order valence-electron chi connectivity index (χ1n) is 8.73. The number of para-hydroxylation sites is 1. The van der Waals surface area contributed by atoms with Gasteiger partial charge in [0.1, 0.15) is 18.4 Å². The highest BCUT2D eigenvalue weighted by Crippen LogP contribution is 2.29. The Morgan fingerprint density at radius 2 is 2.07 bits per heavy atom. The largest absolute Gasteiger partial charge is 0.488 e. The summed E-state index contributed by atoms with van der Waals surface area (Å²) in [5.74, 6) is -0.938. The number of carbonyl (C=O) groups is 2. The lowest BCUT2D eigenvalue weighted by Gasteiger charge is -2.20. The summed E-state index contributed by atoms with van der Waals surface area (Å²) in [6.45, 7) is 0.0693. The van der Waals surface area contributed by atoms with Crippen molar-refractivity contribution in [2.75, 3.05) is 6.61 Å². The lowest BCUT2D eigenvalue weighted by atomic mass is 10.0. The molecule has 6 nitrogen and oxygen atoms in total. The zero-order valence-corrected chi connectivity index (χ0v) is 15.5. The summed E-state index contributed by atoms with van der Waals surface area (Å²) >= 11 is 5.99. The van der Waals surface area contributed by atoms with Gasteiger partial charge in [-0.2, -0.15) is 0 Å². The molecule has 1 aliphatic heterocycles. The van der Waals surface area contributed by atoms with E-state index in [1.54, 1.807) is 30.5 Å². The van der Waals surface area contributed by atoms with Crippen LogP contribution in [0.5, 0.6) is 5.75 Å². The van der Waals surface area contributed by atoms with Crippen LogP contribution < -0.4 is 10.1 Å². The molecule has 1 atom stereocenters. The number of nitrogens with one attached hydrogen (secondary N) is 2. The molecule has 0 saturated heterocycles. The number of hydrogen-bond acceptors (Lipinski definition) is 3. The van der Waals surface area contributed by atoms with Gasteiger partial charge in [-0.3, -0.25) is 4.79 Å². The minimum Gasteiger partial charge on any atom is -0.488 e. The van der Waals surface area contributed by atoms with Gasteiger partial charge in [-0.15, -0.1) is 0 Å². The number of benzene rings is 2. The quantitative estimate of drug-likeness (QED) is 0.616. The number of carbonyl (C=O) groups excluding carboxylic acids is 1. The Bertz CT molecular complexity index is 1100. The molecule has 0 aliphatic carbocycles. The van der Waals surface area contributed by atoms with E-state index in [0.717, 1.165) is 16.5 Å². The van der Waals surface area contributed by atoms with Gasteiger partial charge in [0.25, 0.3) is 5.91 Å². The van der Waals surface area contributed by atoms with Crippen molar-refractivity contribution >= 4 is 40.5 Å². The first-order valence-corrected chi connectivity index (χ1v) is 9.10. The number of aliphatic carboxylic acids is 1. The van der Waals surface area contributed by atoms with Crippen LogP contribution in [0.15, 0.2) is 54.2 Å². The molecular weight excluding hydrogens is 380 g/mol. The fourth-order valence-corrected chi connectivity index (χ4v) is 3.43. The van der Waals surface area contributed by atoms with Crippen LogP contribution in [0.4, 0.5) is 0 Å². The van der Waals surface area contributed by atoms with Gasteiger partial charge in [-0.05, 0) is 35.9 Å². The maximum atomic E-state index is 12.6. The summed E-state index contributed by atoms with van der Waals surface area (Å²) in [7, 11) is 0. The number of H-pyrrole nitrogens is 1. The van der Waals surface area contributed by atoms with Gasteiger partial charge in [0.2, 0.25) is 0 Å². The number of carboxylic acid groups (broad SMARTS) is 1. The molecule has 2 heterocycles. The van der Waals surface area contributed by atoms with Crippen molar-refractivity contribution in [3.8, 4) is 5.75 Å². The van der Waals surface area contributed by atoms with Gasteiger partial charge in [0, 0.05) is 34.1 Å². The van der Waals surface area contributed by atoms with Crippen molar-refractivity contribution in [3.63, 3.8) is 0 Å². The summed E-state index contributed by atoms with van der Waals surface area (Å²) in [4.78, 5) is 27.5. The van der Waals surface area contributed by atoms with Crippen molar-refractivity contribution in [3.05, 3.63) is 70.4 Å². The van der Waals surface area contributed by atoms with Gasteiger partial charge in [0.15, 0.2) is 0 Å². The predicted octanol–water partition coefficient (Wildman–Crippen LogP) is 3.41. The average Bonchev–Trinajstić information content (AvgIpc) is 3.09. The Kier molecular flexibility index (Phi) is 4.79. The van der Waals surface area contributed by atoms with Gasteiger partial charge in [-0.25, -0.2) is 4.79 Å². The molecule has 1 unspecified atom stereocenters. The Morgan fingerprint density at radius 3 is 2.89 bits per heavy atom. The third-order valence-electron chi connectivity index (χ3n) is 4.68. The summed E-state index contributed by atoms with van der Waals surface area (Å²) in [6, 6.07) is 11.7. The zero-order chi connectivity index (χ0) is 19.7. The van der Waals surface area contributed by atoms with E-state index >= 15 is 0 Å². The summed E-state index contributed by atoms with van der Waals surface area (Å²) in [6.07, 6.45) is 3.61. The maximum Gasteiger partial charge on any atom is 0.326 e. The van der Waals surface area contributed by atoms with Gasteiger partial charge in [-0.1, -0.05) is 29.8 Å². The third-order valence-corrected chi connectivity index (χ3v) is 4.91. The minimum absolute atomic E-state index is 0.0693. The summed E-state index contributed by atoms with van der Waals surface area (Å²) in [5.41, 5.74) is 2.78. The zero-order valence-electron chi connectivity index (χ0n) is 14.7. The standard InChI is InChI=1S/C21H17ClN2O4/c22-15-5-6-19-12(8-15)7-14(11-28-19)20(25)24-18(21(26)27)9-13-10-23-17-4-2-1-3-16(13)17/h1-8,10,18,23H,9,11H2,(H,24,25)(H,26,27). The number of hydrogen-bond donors (Lipinski definition) is 3. The summed E-state index contributed by atoms with van der Waals surface area (Å²) < 4.78 is 5.58. The molecule has 0 radical (unpaired) electrons. The van der Waals surface area contributed by atoms with Gasteiger partial charge in [0.05, 0.1) is 5.57 Å². The topological polar surface area (TPSA) is 91.4 Å². The number of amides is 1. The van der Waals surface area contributed by atoms with Gasteiger partial charge < -0.3 is 20.1 Å². The van der Waals surface area contributed by atoms with Crippen LogP contribution in [0.25, 0.3) is 17.0 Å². The molecule has 2 aromatic carbocycles. The van der Waals surface area contributed by atoms with Crippen LogP contribution in [-0.2, 0) is 16.0 Å².